The maximum atomic E-state index is 12.3. The fourth-order valence-corrected chi connectivity index (χ4v) is 2.77. The highest BCUT2D eigenvalue weighted by atomic mass is 32.2. The smallest absolute Gasteiger partial charge is 0.321 e. The van der Waals surface area contributed by atoms with Gasteiger partial charge in [-0.25, -0.2) is 4.98 Å². The van der Waals surface area contributed by atoms with Crippen molar-refractivity contribution in [1.82, 2.24) is 15.1 Å². The molecule has 0 amide bonds. The second-order valence-electron chi connectivity index (χ2n) is 4.48. The van der Waals surface area contributed by atoms with Gasteiger partial charge in [0, 0.05) is 18.6 Å². The molecule has 0 radical (unpaired) electrons. The highest BCUT2D eigenvalue weighted by Gasteiger charge is 2.17. The Morgan fingerprint density at radius 1 is 1.25 bits per heavy atom. The van der Waals surface area contributed by atoms with Gasteiger partial charge in [0.15, 0.2) is 11.0 Å². The fraction of sp³-hybridized carbons (Fsp3) is 0.286. The molecule has 3 rings (SSSR count). The lowest BCUT2D eigenvalue weighted by Gasteiger charge is -2.09. The molecule has 0 aliphatic rings. The topological polar surface area (TPSA) is 65.8 Å². The second kappa shape index (κ2) is 5.20. The van der Waals surface area contributed by atoms with E-state index in [1.165, 1.54) is 11.8 Å². The van der Waals surface area contributed by atoms with Gasteiger partial charge in [-0.3, -0.25) is 0 Å². The summed E-state index contributed by atoms with van der Waals surface area (Å²) in [6, 6.07) is 7.56. The van der Waals surface area contributed by atoms with Crippen LogP contribution >= 0.6 is 11.8 Å². The third-order valence-corrected chi connectivity index (χ3v) is 4.02. The Morgan fingerprint density at radius 3 is 2.85 bits per heavy atom. The van der Waals surface area contributed by atoms with E-state index in [4.69, 9.17) is 0 Å². The fourth-order valence-electron chi connectivity index (χ4n) is 2.10. The summed E-state index contributed by atoms with van der Waals surface area (Å²) < 4.78 is 1.61. The lowest BCUT2D eigenvalue weighted by molar-refractivity contribution is -0.598. The van der Waals surface area contributed by atoms with Crippen molar-refractivity contribution in [2.45, 2.75) is 25.4 Å². The zero-order valence-corrected chi connectivity index (χ0v) is 12.1. The molecule has 0 saturated heterocycles. The highest BCUT2D eigenvalue weighted by Crippen LogP contribution is 2.22. The summed E-state index contributed by atoms with van der Waals surface area (Å²) in [7, 11) is 0. The average Bonchev–Trinajstić information content (AvgIpc) is 2.45. The molecule has 1 aromatic carbocycles. The minimum absolute atomic E-state index is 0.250. The number of hydrogen-bond donors (Lipinski definition) is 0. The van der Waals surface area contributed by atoms with E-state index in [2.05, 4.69) is 22.0 Å². The van der Waals surface area contributed by atoms with Crippen LogP contribution in [0.2, 0.25) is 0 Å². The minimum atomic E-state index is -0.250. The van der Waals surface area contributed by atoms with Gasteiger partial charge >= 0.3 is 5.82 Å². The summed E-state index contributed by atoms with van der Waals surface area (Å²) in [6.07, 6.45) is 1.01. The highest BCUT2D eigenvalue weighted by molar-refractivity contribution is 7.99. The molecule has 0 atom stereocenters. The van der Waals surface area contributed by atoms with Gasteiger partial charge in [-0.05, 0) is 23.5 Å². The molecule has 0 aliphatic heterocycles. The molecular formula is C14H14N4OS. The summed E-state index contributed by atoms with van der Waals surface area (Å²) in [5.74, 6) is 1.34. The lowest BCUT2D eigenvalue weighted by Crippen LogP contribution is -2.34. The Labute approximate surface area is 120 Å². The molecule has 102 valence electrons. The molecule has 0 unspecified atom stereocenters. The largest absolute Gasteiger partial charge is 0.856 e. The Bertz CT molecular complexity index is 791. The number of para-hydroxylation sites is 1. The first-order valence-corrected chi connectivity index (χ1v) is 7.48. The van der Waals surface area contributed by atoms with E-state index in [0.717, 1.165) is 23.1 Å². The van der Waals surface area contributed by atoms with Crippen LogP contribution in [0.4, 0.5) is 0 Å². The van der Waals surface area contributed by atoms with Crippen molar-refractivity contribution in [3.8, 4) is 5.88 Å². The van der Waals surface area contributed by atoms with Crippen LogP contribution in [0.15, 0.2) is 29.4 Å². The molecule has 0 bridgehead atoms. The second-order valence-corrected chi connectivity index (χ2v) is 5.55. The van der Waals surface area contributed by atoms with Gasteiger partial charge in [-0.15, -0.1) is 0 Å². The van der Waals surface area contributed by atoms with Crippen molar-refractivity contribution in [3.05, 3.63) is 30.1 Å². The maximum Gasteiger partial charge on any atom is 0.321 e. The lowest BCUT2D eigenvalue weighted by atomic mass is 10.2. The van der Waals surface area contributed by atoms with Crippen LogP contribution in [-0.4, -0.2) is 20.8 Å². The monoisotopic (exact) mass is 286 g/mol. The van der Waals surface area contributed by atoms with Gasteiger partial charge < -0.3 is 5.11 Å². The Balaban J connectivity index is 2.31. The predicted molar refractivity (Wildman–Crippen MR) is 75.7 cm³/mol. The van der Waals surface area contributed by atoms with Gasteiger partial charge in [-0.1, -0.05) is 40.4 Å². The van der Waals surface area contributed by atoms with Gasteiger partial charge in [0.05, 0.1) is 5.39 Å². The van der Waals surface area contributed by atoms with E-state index < -0.39 is 0 Å². The number of aryl methyl sites for hydroxylation is 1. The molecule has 2 aromatic heterocycles. The van der Waals surface area contributed by atoms with Crippen molar-refractivity contribution >= 4 is 28.2 Å². The normalized spacial score (nSPS) is 11.3. The van der Waals surface area contributed by atoms with Crippen molar-refractivity contribution in [1.29, 1.82) is 0 Å². The molecule has 5 nitrogen and oxygen atoms in total. The van der Waals surface area contributed by atoms with Crippen molar-refractivity contribution in [3.63, 3.8) is 0 Å². The first-order chi connectivity index (χ1) is 9.70. The molecule has 3 aromatic rings. The van der Waals surface area contributed by atoms with Gasteiger partial charge in [0.2, 0.25) is 5.16 Å². The molecule has 6 heteroatoms. The number of hydrogen-bond acceptors (Lipinski definition) is 5. The summed E-state index contributed by atoms with van der Waals surface area (Å²) in [5.41, 5.74) is 1.29. The Hall–Kier alpha value is -1.95. The standard InChI is InChI=1S/C14H14N4OS/c1-3-8-20-14-16-13(19)12-10-6-4-5-7-11(10)15-9(2)18(12)17-14/h4-7H,3,8H2,1-2H3. The minimum Gasteiger partial charge on any atom is -0.856 e. The van der Waals surface area contributed by atoms with Crippen molar-refractivity contribution < 1.29 is 9.62 Å². The third-order valence-electron chi connectivity index (χ3n) is 2.98. The van der Waals surface area contributed by atoms with E-state index in [0.29, 0.717) is 16.5 Å². The van der Waals surface area contributed by atoms with E-state index in [-0.39, 0.29) is 5.88 Å². The zero-order chi connectivity index (χ0) is 14.1. The van der Waals surface area contributed by atoms with E-state index in [1.807, 2.05) is 31.2 Å². The molecule has 0 N–H and O–H groups in total. The summed E-state index contributed by atoms with van der Waals surface area (Å²) >= 11 is 1.49. The summed E-state index contributed by atoms with van der Waals surface area (Å²) in [5, 5.41) is 18.0. The number of thioether (sulfide) groups is 1. The number of benzene rings is 1. The number of aromatic nitrogens is 4. The molecule has 0 saturated carbocycles. The van der Waals surface area contributed by atoms with Crippen LogP contribution in [0.5, 0.6) is 5.88 Å². The maximum absolute atomic E-state index is 12.3. The van der Waals surface area contributed by atoms with Gasteiger partial charge in [0.25, 0.3) is 0 Å². The van der Waals surface area contributed by atoms with Crippen LogP contribution in [0.25, 0.3) is 16.4 Å². The van der Waals surface area contributed by atoms with E-state index in [1.54, 1.807) is 4.52 Å². The molecule has 0 fully saturated rings. The van der Waals surface area contributed by atoms with E-state index in [9.17, 15) is 5.11 Å². The summed E-state index contributed by atoms with van der Waals surface area (Å²) in [6.45, 7) is 3.93. The average molecular weight is 286 g/mol. The van der Waals surface area contributed by atoms with Crippen LogP contribution < -0.4 is 9.62 Å². The Morgan fingerprint density at radius 2 is 2.05 bits per heavy atom. The Kier molecular flexibility index (Phi) is 3.40. The van der Waals surface area contributed by atoms with Gasteiger partial charge in [0.1, 0.15) is 0 Å². The van der Waals surface area contributed by atoms with Crippen LogP contribution in [0, 0.1) is 6.92 Å². The van der Waals surface area contributed by atoms with Crippen LogP contribution in [-0.2, 0) is 0 Å². The molecule has 2 heterocycles. The SMILES string of the molecule is CCCSc1nc([O-])c2c3ccccc3nc(C)[n+]2n1. The number of fused-ring (bicyclic) bond motifs is 3. The quantitative estimate of drug-likeness (QED) is 0.416. The zero-order valence-electron chi connectivity index (χ0n) is 11.3. The van der Waals surface area contributed by atoms with Crippen molar-refractivity contribution in [2.75, 3.05) is 5.75 Å². The first kappa shape index (κ1) is 13.1. The molecule has 0 spiro atoms. The number of rotatable bonds is 3. The third kappa shape index (κ3) is 2.16. The van der Waals surface area contributed by atoms with Gasteiger partial charge in [-0.2, -0.15) is 0 Å². The van der Waals surface area contributed by atoms with E-state index >= 15 is 0 Å². The molecule has 0 aliphatic carbocycles. The van der Waals surface area contributed by atoms with Crippen LogP contribution in [0.1, 0.15) is 19.2 Å². The molecule has 20 heavy (non-hydrogen) atoms. The molecular weight excluding hydrogens is 272 g/mol. The first-order valence-electron chi connectivity index (χ1n) is 6.50. The van der Waals surface area contributed by atoms with Crippen LogP contribution in [0.3, 0.4) is 0 Å². The number of nitrogens with zero attached hydrogens (tertiary/aromatic N) is 4. The summed E-state index contributed by atoms with van der Waals surface area (Å²) in [4.78, 5) is 8.57. The predicted octanol–water partition coefficient (Wildman–Crippen LogP) is 1.65. The van der Waals surface area contributed by atoms with Crippen molar-refractivity contribution in [2.24, 2.45) is 0 Å².